The van der Waals surface area contributed by atoms with Crippen molar-refractivity contribution in [2.45, 2.75) is 0 Å². The van der Waals surface area contributed by atoms with Gasteiger partial charge < -0.3 is 19.1 Å². The topological polar surface area (TPSA) is 56.7 Å². The molecule has 0 amide bonds. The van der Waals surface area contributed by atoms with Gasteiger partial charge in [-0.05, 0) is 24.3 Å². The van der Waals surface area contributed by atoms with Gasteiger partial charge in [-0.1, -0.05) is 12.1 Å². The van der Waals surface area contributed by atoms with Gasteiger partial charge in [0.05, 0.1) is 26.8 Å². The van der Waals surface area contributed by atoms with Crippen molar-refractivity contribution in [2.75, 3.05) is 40.3 Å². The van der Waals surface area contributed by atoms with Crippen LogP contribution in [0.25, 0.3) is 22.3 Å². The Labute approximate surface area is 147 Å². The minimum absolute atomic E-state index is 0.544. The Kier molecular flexibility index (Phi) is 4.61. The van der Waals surface area contributed by atoms with Crippen molar-refractivity contribution in [3.63, 3.8) is 0 Å². The van der Waals surface area contributed by atoms with E-state index < -0.39 is 0 Å². The summed E-state index contributed by atoms with van der Waals surface area (Å²) >= 11 is 0. The predicted molar refractivity (Wildman–Crippen MR) is 99.0 cm³/mol. The highest BCUT2D eigenvalue weighted by atomic mass is 16.5. The molecular weight excluding hydrogens is 318 g/mol. The molecule has 6 nitrogen and oxygen atoms in total. The van der Waals surface area contributed by atoms with Gasteiger partial charge in [0.2, 0.25) is 5.75 Å². The van der Waals surface area contributed by atoms with E-state index in [9.17, 15) is 0 Å². The molecule has 2 aromatic carbocycles. The van der Waals surface area contributed by atoms with Crippen LogP contribution in [-0.2, 0) is 0 Å². The van der Waals surface area contributed by atoms with Gasteiger partial charge in [0.25, 0.3) is 0 Å². The molecule has 1 heterocycles. The monoisotopic (exact) mass is 339 g/mol. The summed E-state index contributed by atoms with van der Waals surface area (Å²) in [6, 6.07) is 11.6. The molecule has 130 valence electrons. The van der Waals surface area contributed by atoms with Crippen LogP contribution in [0.1, 0.15) is 0 Å². The molecule has 0 fully saturated rings. The predicted octanol–water partition coefficient (Wildman–Crippen LogP) is 3.39. The molecule has 3 rings (SSSR count). The van der Waals surface area contributed by atoms with Gasteiger partial charge in [-0.2, -0.15) is 0 Å². The van der Waals surface area contributed by atoms with E-state index in [0.29, 0.717) is 23.1 Å². The standard InChI is InChI=1S/C19H21N3O3/c1-22(2)19-13-8-6-7-9-14(13)20-18(21-19)12-10-15(23-3)17(25-5)16(11-12)24-4/h6-11H,1-5H3. The van der Waals surface area contributed by atoms with E-state index in [1.165, 1.54) is 0 Å². The van der Waals surface area contributed by atoms with Gasteiger partial charge >= 0.3 is 0 Å². The van der Waals surface area contributed by atoms with Crippen molar-refractivity contribution in [3.05, 3.63) is 36.4 Å². The molecule has 0 saturated carbocycles. The second kappa shape index (κ2) is 6.84. The molecule has 0 unspecified atom stereocenters. The lowest BCUT2D eigenvalue weighted by Gasteiger charge is -2.17. The van der Waals surface area contributed by atoms with Crippen LogP contribution in [-0.4, -0.2) is 45.4 Å². The first-order chi connectivity index (χ1) is 12.1. The maximum atomic E-state index is 5.44. The molecule has 25 heavy (non-hydrogen) atoms. The van der Waals surface area contributed by atoms with Gasteiger partial charge in [-0.3, -0.25) is 0 Å². The fourth-order valence-electron chi connectivity index (χ4n) is 2.74. The molecule has 0 saturated heterocycles. The summed E-state index contributed by atoms with van der Waals surface area (Å²) in [6.45, 7) is 0. The van der Waals surface area contributed by atoms with Gasteiger partial charge in [0, 0.05) is 25.0 Å². The van der Waals surface area contributed by atoms with Gasteiger partial charge in [0.15, 0.2) is 17.3 Å². The highest BCUT2D eigenvalue weighted by Gasteiger charge is 2.17. The van der Waals surface area contributed by atoms with E-state index in [4.69, 9.17) is 24.2 Å². The SMILES string of the molecule is COc1cc(-c2nc(N(C)C)c3ccccc3n2)cc(OC)c1OC. The number of fused-ring (bicyclic) bond motifs is 1. The van der Waals surface area contributed by atoms with Crippen LogP contribution in [0, 0.1) is 0 Å². The fraction of sp³-hybridized carbons (Fsp3) is 0.263. The van der Waals surface area contributed by atoms with E-state index in [1.54, 1.807) is 21.3 Å². The number of hydrogen-bond donors (Lipinski definition) is 0. The van der Waals surface area contributed by atoms with Crippen LogP contribution >= 0.6 is 0 Å². The number of methoxy groups -OCH3 is 3. The Morgan fingerprint density at radius 1 is 0.840 bits per heavy atom. The Hall–Kier alpha value is -3.02. The zero-order valence-electron chi connectivity index (χ0n) is 15.0. The molecule has 0 aliphatic rings. The van der Waals surface area contributed by atoms with Crippen molar-refractivity contribution >= 4 is 16.7 Å². The first-order valence-corrected chi connectivity index (χ1v) is 7.83. The van der Waals surface area contributed by atoms with Gasteiger partial charge in [0.1, 0.15) is 5.82 Å². The van der Waals surface area contributed by atoms with Crippen molar-refractivity contribution in [1.29, 1.82) is 0 Å². The number of para-hydroxylation sites is 1. The third kappa shape index (κ3) is 3.03. The Morgan fingerprint density at radius 3 is 2.04 bits per heavy atom. The van der Waals surface area contributed by atoms with Crippen molar-refractivity contribution in [1.82, 2.24) is 9.97 Å². The quantitative estimate of drug-likeness (QED) is 0.710. The molecule has 0 bridgehead atoms. The van der Waals surface area contributed by atoms with Crippen molar-refractivity contribution < 1.29 is 14.2 Å². The largest absolute Gasteiger partial charge is 0.493 e. The minimum atomic E-state index is 0.544. The second-order valence-electron chi connectivity index (χ2n) is 5.70. The normalized spacial score (nSPS) is 10.6. The average molecular weight is 339 g/mol. The molecule has 1 aromatic heterocycles. The van der Waals surface area contributed by atoms with Crippen LogP contribution in [0.5, 0.6) is 17.2 Å². The van der Waals surface area contributed by atoms with Gasteiger partial charge in [-0.25, -0.2) is 9.97 Å². The van der Waals surface area contributed by atoms with Crippen LogP contribution in [0.3, 0.4) is 0 Å². The molecule has 3 aromatic rings. The highest BCUT2D eigenvalue weighted by Crippen LogP contribution is 2.41. The number of anilines is 1. The average Bonchev–Trinajstić information content (AvgIpc) is 2.65. The third-order valence-corrected chi connectivity index (χ3v) is 3.93. The molecule has 6 heteroatoms. The van der Waals surface area contributed by atoms with E-state index in [1.807, 2.05) is 55.4 Å². The first-order valence-electron chi connectivity index (χ1n) is 7.83. The third-order valence-electron chi connectivity index (χ3n) is 3.93. The van der Waals surface area contributed by atoms with Crippen molar-refractivity contribution in [3.8, 4) is 28.6 Å². The molecule has 0 N–H and O–H groups in total. The number of aromatic nitrogens is 2. The van der Waals surface area contributed by atoms with Crippen LogP contribution in [0.4, 0.5) is 5.82 Å². The lowest BCUT2D eigenvalue weighted by Crippen LogP contribution is -2.12. The van der Waals surface area contributed by atoms with Gasteiger partial charge in [-0.15, -0.1) is 0 Å². The number of nitrogens with zero attached hydrogens (tertiary/aromatic N) is 3. The summed E-state index contributed by atoms with van der Waals surface area (Å²) in [7, 11) is 8.69. The van der Waals surface area contributed by atoms with Crippen molar-refractivity contribution in [2.24, 2.45) is 0 Å². The Balaban J connectivity index is 2.26. The zero-order valence-corrected chi connectivity index (χ0v) is 15.0. The van der Waals surface area contributed by atoms with E-state index in [0.717, 1.165) is 22.3 Å². The Bertz CT molecular complexity index is 885. The highest BCUT2D eigenvalue weighted by molar-refractivity contribution is 5.91. The van der Waals surface area contributed by atoms with E-state index in [2.05, 4.69) is 0 Å². The molecule has 0 aliphatic heterocycles. The number of rotatable bonds is 5. The second-order valence-corrected chi connectivity index (χ2v) is 5.70. The van der Waals surface area contributed by atoms with Crippen LogP contribution in [0.2, 0.25) is 0 Å². The fourth-order valence-corrected chi connectivity index (χ4v) is 2.74. The minimum Gasteiger partial charge on any atom is -0.493 e. The molecule has 0 radical (unpaired) electrons. The smallest absolute Gasteiger partial charge is 0.203 e. The van der Waals surface area contributed by atoms with E-state index in [-0.39, 0.29) is 0 Å². The summed E-state index contributed by atoms with van der Waals surface area (Å²) in [5, 5.41) is 1.00. The Morgan fingerprint density at radius 2 is 1.48 bits per heavy atom. The summed E-state index contributed by atoms with van der Waals surface area (Å²) in [5.74, 6) is 3.14. The molecule has 0 spiro atoms. The zero-order chi connectivity index (χ0) is 18.0. The lowest BCUT2D eigenvalue weighted by molar-refractivity contribution is 0.324. The molecular formula is C19H21N3O3. The molecule has 0 aliphatic carbocycles. The number of ether oxygens (including phenoxy) is 3. The summed E-state index contributed by atoms with van der Waals surface area (Å²) in [4.78, 5) is 11.4. The lowest BCUT2D eigenvalue weighted by atomic mass is 10.1. The number of hydrogen-bond acceptors (Lipinski definition) is 6. The maximum absolute atomic E-state index is 5.44. The van der Waals surface area contributed by atoms with Crippen LogP contribution < -0.4 is 19.1 Å². The molecule has 0 atom stereocenters. The summed E-state index contributed by atoms with van der Waals surface area (Å²) in [6.07, 6.45) is 0. The van der Waals surface area contributed by atoms with E-state index >= 15 is 0 Å². The van der Waals surface area contributed by atoms with Crippen LogP contribution in [0.15, 0.2) is 36.4 Å². The number of benzene rings is 2. The summed E-state index contributed by atoms with van der Waals surface area (Å²) in [5.41, 5.74) is 1.67. The summed E-state index contributed by atoms with van der Waals surface area (Å²) < 4.78 is 16.3. The first kappa shape index (κ1) is 16.8. The maximum Gasteiger partial charge on any atom is 0.203 e.